The Hall–Kier alpha value is -1.79. The number of amidine groups is 1. The number of hydrogen-bond donors (Lipinski definition) is 0. The first-order valence-corrected chi connectivity index (χ1v) is 11.5. The number of rotatable bonds is 3. The first-order chi connectivity index (χ1) is 12.4. The van der Waals surface area contributed by atoms with Crippen LogP contribution in [0.4, 0.5) is 5.69 Å². The van der Waals surface area contributed by atoms with Crippen LogP contribution in [0.5, 0.6) is 0 Å². The minimum absolute atomic E-state index is 0.0814. The van der Waals surface area contributed by atoms with E-state index in [1.807, 2.05) is 6.07 Å². The van der Waals surface area contributed by atoms with Crippen LogP contribution in [0.1, 0.15) is 16.7 Å². The van der Waals surface area contributed by atoms with Crippen molar-refractivity contribution >= 4 is 32.5 Å². The van der Waals surface area contributed by atoms with Crippen molar-refractivity contribution in [1.29, 1.82) is 0 Å². The van der Waals surface area contributed by atoms with E-state index in [9.17, 15) is 8.42 Å². The highest BCUT2D eigenvalue weighted by atomic mass is 32.2. The fourth-order valence-electron chi connectivity index (χ4n) is 3.55. The number of nitrogens with zero attached hydrogens (tertiary/aromatic N) is 2. The number of thioether (sulfide) groups is 1. The maximum atomic E-state index is 12.1. The van der Waals surface area contributed by atoms with Gasteiger partial charge < -0.3 is 4.90 Å². The molecule has 0 bridgehead atoms. The number of anilines is 1. The maximum absolute atomic E-state index is 12.1. The van der Waals surface area contributed by atoms with Crippen molar-refractivity contribution in [3.63, 3.8) is 0 Å². The zero-order chi connectivity index (χ0) is 18.3. The van der Waals surface area contributed by atoms with Gasteiger partial charge in [0, 0.05) is 11.4 Å². The van der Waals surface area contributed by atoms with Crippen LogP contribution >= 0.6 is 11.8 Å². The summed E-state index contributed by atoms with van der Waals surface area (Å²) in [6.07, 6.45) is 0. The van der Waals surface area contributed by atoms with E-state index in [-0.39, 0.29) is 23.6 Å². The number of fused-ring (bicyclic) bond motifs is 1. The predicted octanol–water partition coefficient (Wildman–Crippen LogP) is 3.58. The molecule has 2 aromatic carbocycles. The van der Waals surface area contributed by atoms with Crippen LogP contribution < -0.4 is 4.90 Å². The van der Waals surface area contributed by atoms with Crippen LogP contribution in [-0.4, -0.2) is 37.2 Å². The SMILES string of the molecule is Cc1ccc(N2C(SCc3ccccc3C)=N[C@H]3CS(=O)(=O)C[C@H]32)cc1. The molecule has 2 aliphatic heterocycles. The lowest BCUT2D eigenvalue weighted by Gasteiger charge is -2.26. The fraction of sp³-hybridized carbons (Fsp3) is 0.350. The van der Waals surface area contributed by atoms with Crippen molar-refractivity contribution in [2.45, 2.75) is 31.7 Å². The van der Waals surface area contributed by atoms with Gasteiger partial charge in [-0.1, -0.05) is 53.7 Å². The second kappa shape index (κ2) is 6.74. The Balaban J connectivity index is 1.63. The number of aliphatic imine (C=N–C) groups is 1. The van der Waals surface area contributed by atoms with Gasteiger partial charge in [-0.2, -0.15) is 0 Å². The van der Waals surface area contributed by atoms with Crippen molar-refractivity contribution < 1.29 is 8.42 Å². The molecule has 2 aromatic rings. The van der Waals surface area contributed by atoms with Gasteiger partial charge in [0.25, 0.3) is 0 Å². The Morgan fingerprint density at radius 1 is 1.08 bits per heavy atom. The third-order valence-corrected chi connectivity index (χ3v) is 7.75. The minimum Gasteiger partial charge on any atom is -0.315 e. The van der Waals surface area contributed by atoms with Crippen molar-refractivity contribution in [1.82, 2.24) is 0 Å². The standard InChI is InChI=1S/C20H22N2O2S2/c1-14-7-9-17(10-8-14)22-19-13-26(23,24)12-18(19)21-20(22)25-11-16-6-4-3-5-15(16)2/h3-10,18-19H,11-13H2,1-2H3/t18-,19+/m0/s1. The molecule has 0 unspecified atom stereocenters. The van der Waals surface area contributed by atoms with Crippen molar-refractivity contribution in [2.24, 2.45) is 4.99 Å². The van der Waals surface area contributed by atoms with Gasteiger partial charge in [-0.05, 0) is 37.1 Å². The molecular weight excluding hydrogens is 364 g/mol. The zero-order valence-electron chi connectivity index (χ0n) is 14.9. The Morgan fingerprint density at radius 2 is 1.81 bits per heavy atom. The lowest BCUT2D eigenvalue weighted by molar-refractivity contribution is 0.601. The summed E-state index contributed by atoms with van der Waals surface area (Å²) in [7, 11) is -3.01. The number of hydrogen-bond acceptors (Lipinski definition) is 5. The molecule has 0 aliphatic carbocycles. The van der Waals surface area contributed by atoms with Crippen LogP contribution in [-0.2, 0) is 15.6 Å². The minimum atomic E-state index is -3.01. The van der Waals surface area contributed by atoms with Crippen LogP contribution in [0.15, 0.2) is 53.5 Å². The Bertz CT molecular complexity index is 952. The summed E-state index contributed by atoms with van der Waals surface area (Å²) in [4.78, 5) is 6.93. The molecule has 0 amide bonds. The molecule has 0 aromatic heterocycles. The molecule has 2 heterocycles. The molecule has 4 nitrogen and oxygen atoms in total. The second-order valence-corrected chi connectivity index (χ2v) is 10.1. The van der Waals surface area contributed by atoms with E-state index in [0.717, 1.165) is 16.6 Å². The Morgan fingerprint density at radius 3 is 2.54 bits per heavy atom. The number of benzene rings is 2. The maximum Gasteiger partial charge on any atom is 0.164 e. The molecule has 136 valence electrons. The van der Waals surface area contributed by atoms with E-state index < -0.39 is 9.84 Å². The average molecular weight is 387 g/mol. The van der Waals surface area contributed by atoms with E-state index in [1.54, 1.807) is 11.8 Å². The summed E-state index contributed by atoms with van der Waals surface area (Å²) in [6, 6.07) is 16.4. The van der Waals surface area contributed by atoms with Crippen molar-refractivity contribution in [3.05, 3.63) is 65.2 Å². The van der Waals surface area contributed by atoms with Crippen LogP contribution in [0.3, 0.4) is 0 Å². The highest BCUT2D eigenvalue weighted by Gasteiger charge is 2.47. The van der Waals surface area contributed by atoms with Crippen LogP contribution in [0.25, 0.3) is 0 Å². The molecule has 2 atom stereocenters. The van der Waals surface area contributed by atoms with E-state index >= 15 is 0 Å². The lowest BCUT2D eigenvalue weighted by atomic mass is 10.1. The first kappa shape index (κ1) is 17.6. The van der Waals surface area contributed by atoms with Gasteiger partial charge in [0.05, 0.1) is 23.6 Å². The van der Waals surface area contributed by atoms with E-state index in [4.69, 9.17) is 4.99 Å². The Kier molecular flexibility index (Phi) is 4.57. The molecule has 1 saturated heterocycles. The van der Waals surface area contributed by atoms with Gasteiger partial charge in [0.2, 0.25) is 0 Å². The third kappa shape index (κ3) is 3.40. The van der Waals surface area contributed by atoms with Gasteiger partial charge in [-0.15, -0.1) is 0 Å². The predicted molar refractivity (Wildman–Crippen MR) is 110 cm³/mol. The summed E-state index contributed by atoms with van der Waals surface area (Å²) in [6.45, 7) is 4.17. The second-order valence-electron chi connectivity index (χ2n) is 7.04. The molecule has 6 heteroatoms. The summed E-state index contributed by atoms with van der Waals surface area (Å²) in [5.74, 6) is 1.18. The monoisotopic (exact) mass is 386 g/mol. The molecule has 2 aliphatic rings. The molecule has 0 saturated carbocycles. The van der Waals surface area contributed by atoms with Gasteiger partial charge >= 0.3 is 0 Å². The molecule has 0 spiro atoms. The van der Waals surface area contributed by atoms with E-state index in [1.165, 1.54) is 16.7 Å². The molecular formula is C20H22N2O2S2. The molecule has 4 rings (SSSR count). The summed E-state index contributed by atoms with van der Waals surface area (Å²) in [5, 5.41) is 0.932. The molecule has 0 radical (unpaired) electrons. The van der Waals surface area contributed by atoms with E-state index in [2.05, 4.69) is 61.2 Å². The third-order valence-electron chi connectivity index (χ3n) is 5.04. The largest absolute Gasteiger partial charge is 0.315 e. The highest BCUT2D eigenvalue weighted by molar-refractivity contribution is 8.13. The van der Waals surface area contributed by atoms with Gasteiger partial charge in [-0.25, -0.2) is 8.42 Å². The van der Waals surface area contributed by atoms with Gasteiger partial charge in [0.1, 0.15) is 0 Å². The molecule has 1 fully saturated rings. The summed E-state index contributed by atoms with van der Waals surface area (Å²) in [5.41, 5.74) is 4.77. The normalized spacial score (nSPS) is 23.8. The molecule has 26 heavy (non-hydrogen) atoms. The average Bonchev–Trinajstić information content (AvgIpc) is 3.06. The zero-order valence-corrected chi connectivity index (χ0v) is 16.6. The van der Waals surface area contributed by atoms with Crippen molar-refractivity contribution in [3.8, 4) is 0 Å². The van der Waals surface area contributed by atoms with Crippen LogP contribution in [0, 0.1) is 13.8 Å². The summed E-state index contributed by atoms with van der Waals surface area (Å²) >= 11 is 1.70. The topological polar surface area (TPSA) is 49.7 Å². The smallest absolute Gasteiger partial charge is 0.164 e. The number of sulfone groups is 1. The lowest BCUT2D eigenvalue weighted by Crippen LogP contribution is -2.39. The van der Waals surface area contributed by atoms with Crippen LogP contribution in [0.2, 0.25) is 0 Å². The van der Waals surface area contributed by atoms with Gasteiger partial charge in [-0.3, -0.25) is 4.99 Å². The molecule has 0 N–H and O–H groups in total. The van der Waals surface area contributed by atoms with E-state index in [0.29, 0.717) is 0 Å². The quantitative estimate of drug-likeness (QED) is 0.809. The van der Waals surface area contributed by atoms with Gasteiger partial charge in [0.15, 0.2) is 15.0 Å². The Labute approximate surface area is 159 Å². The fourth-order valence-corrected chi connectivity index (χ4v) is 6.60. The van der Waals surface area contributed by atoms with Crippen molar-refractivity contribution in [2.75, 3.05) is 16.4 Å². The first-order valence-electron chi connectivity index (χ1n) is 8.74. The highest BCUT2D eigenvalue weighted by Crippen LogP contribution is 2.36. The summed E-state index contributed by atoms with van der Waals surface area (Å²) < 4.78 is 24.2. The number of aryl methyl sites for hydroxylation is 2.